The second-order valence-corrected chi connectivity index (χ2v) is 41.1. The molecule has 4 fully saturated rings. The minimum Gasteiger partial charge on any atom is -0.466 e. The summed E-state index contributed by atoms with van der Waals surface area (Å²) < 4.78 is 173. The van der Waals surface area contributed by atoms with Crippen molar-refractivity contribution in [2.75, 3.05) is 92.6 Å². The van der Waals surface area contributed by atoms with Crippen molar-refractivity contribution in [2.45, 2.75) is 82.3 Å². The predicted octanol–water partition coefficient (Wildman–Crippen LogP) is 11.6. The SMILES string of the molecule is CCOC(=O)C1=C2CN(CCO)S(=O)(=O)CN2C(c2nccs2)=N[C@H]1c1ccc(F)cc1Cl.CCOP(=O)(N[C@H]1CC2=C(C(=O)OC)[C@H](c3ccc(F)cc3Cl)N=C(c3nccs3)N2C1)OCC.COC(=O)C1=C2C[C@H](NS(=O)(=O)O)CN2C(c2nccs2)=N[C@H]1c1ccc(F)cc1Cl.COC(=O)C1=C2C[C@H](NS(C)(=O)=O)CN2C(c2nccs2)=N[C@H]1c1sccc1Cl. The molecule has 0 unspecified atom stereocenters. The molecule has 0 radical (unpaired) electrons. The molecule has 682 valence electrons. The Morgan fingerprint density at radius 2 is 0.891 bits per heavy atom. The minimum atomic E-state index is -4.47. The first-order chi connectivity index (χ1) is 61.0. The molecule has 4 saturated heterocycles. The molecule has 0 bridgehead atoms. The van der Waals surface area contributed by atoms with E-state index in [4.69, 9.17) is 89.4 Å². The largest absolute Gasteiger partial charge is 0.466 e. The fourth-order valence-corrected chi connectivity index (χ4v) is 24.0. The number of aromatic nitrogens is 4. The van der Waals surface area contributed by atoms with Gasteiger partial charge in [-0.25, -0.2) is 83.5 Å². The van der Waals surface area contributed by atoms with Crippen LogP contribution in [0.4, 0.5) is 13.2 Å². The van der Waals surface area contributed by atoms with Crippen LogP contribution in [0.1, 0.15) is 106 Å². The van der Waals surface area contributed by atoms with Crippen LogP contribution in [0, 0.1) is 17.5 Å². The third-order valence-corrected chi connectivity index (χ3v) is 30.5. The molecule has 5 N–H and O–H groups in total. The fraction of sp³-hybridized carbons (Fsp3) is 0.351. The van der Waals surface area contributed by atoms with Crippen LogP contribution in [0.3, 0.4) is 0 Å². The van der Waals surface area contributed by atoms with Crippen molar-refractivity contribution in [1.29, 1.82) is 0 Å². The zero-order chi connectivity index (χ0) is 92.0. The number of nitrogens with one attached hydrogen (secondary N) is 3. The highest BCUT2D eigenvalue weighted by atomic mass is 35.5. The number of benzene rings is 3. The number of carbonyl (C=O) groups is 4. The van der Waals surface area contributed by atoms with E-state index in [1.165, 1.54) is 125 Å². The second-order valence-electron chi connectivity index (χ2n) is 28.2. The lowest BCUT2D eigenvalue weighted by atomic mass is 9.94. The lowest BCUT2D eigenvalue weighted by Gasteiger charge is -2.41. The summed E-state index contributed by atoms with van der Waals surface area (Å²) in [6, 6.07) is 8.37. The van der Waals surface area contributed by atoms with E-state index in [0.717, 1.165) is 27.6 Å². The number of sulfonamides is 2. The number of amidine groups is 4. The zero-order valence-electron chi connectivity index (χ0n) is 68.2. The van der Waals surface area contributed by atoms with Crippen molar-refractivity contribution in [3.63, 3.8) is 0 Å². The summed E-state index contributed by atoms with van der Waals surface area (Å²) in [4.78, 5) is 95.6. The van der Waals surface area contributed by atoms with Crippen molar-refractivity contribution in [3.05, 3.63) is 237 Å². The number of aliphatic hydroxyl groups excluding tert-OH is 1. The van der Waals surface area contributed by atoms with Crippen LogP contribution < -0.4 is 14.5 Å². The Morgan fingerprint density at radius 3 is 1.23 bits per heavy atom. The van der Waals surface area contributed by atoms with Gasteiger partial charge in [0.1, 0.15) is 47.5 Å². The number of thiazole rings is 4. The molecular weight excluding hydrogens is 1940 g/mol. The number of β-amino-alcohol motifs (C(OH)–C–C–N with tert-alkyl or cyclic N) is 1. The van der Waals surface area contributed by atoms with Crippen LogP contribution in [0.15, 0.2) is 177 Å². The maximum Gasteiger partial charge on any atom is 0.405 e. The summed E-state index contributed by atoms with van der Waals surface area (Å²) in [5.41, 5.74) is 4.21. The number of fused-ring (bicyclic) bond motifs is 4. The van der Waals surface area contributed by atoms with Gasteiger partial charge in [-0.2, -0.15) is 17.4 Å². The first-order valence-electron chi connectivity index (χ1n) is 38.4. The van der Waals surface area contributed by atoms with E-state index in [-0.39, 0.29) is 96.1 Å². The minimum absolute atomic E-state index is 0.0636. The summed E-state index contributed by atoms with van der Waals surface area (Å²) >= 11 is 32.1. The van der Waals surface area contributed by atoms with Gasteiger partial charge in [-0.3, -0.25) is 33.6 Å². The topological polar surface area (TPSA) is 437 Å². The summed E-state index contributed by atoms with van der Waals surface area (Å²) in [7, 11) is -11.4. The number of halogens is 7. The standard InChI is InChI=1S/C22H25ClFN4O5PS.C20H20ClFN4O5S2.C18H16ClFN4O5S2.C17H17ClN4O4S3/c1-4-32-34(30,33-5-2)27-14-11-17-18(22(29)31-3)19(15-7-6-13(24)10-16(15)23)26-20(28(17)12-14)21-25-8-9-35-21;1-2-31-20(28)16-15-10-25(6-7-27)33(29,30)11-26(15)18(19-23-5-8-32-19)24-17(16)13-4-3-12(22)9-14(13)21;1-29-18(25)14-13-7-10(23-31(26,27)28)8-24(13)16(17-21-4-5-30-17)22-15(14)11-3-2-9(20)6-12(11)19;1-26-17(23)12-11-7-9(21-29(2,24)25)8-22(11)15(16-19-4-6-28-16)20-13(12)14-10(18)3-5-27-14/h6-10,14,19H,4-5,11-12H2,1-3H3,(H,27,30);3-5,8-9,17,27H,2,6-7,10-11H2,1H3;2-6,10,15,23H,7-8H2,1H3,(H,26,27,28);3-6,9,13,21H,7-8H2,1-2H3/t14-,19-;17-;10-,15-;9-,13+/m0000/s1. The van der Waals surface area contributed by atoms with E-state index >= 15 is 0 Å². The first kappa shape index (κ1) is 96.9. The Kier molecular flexibility index (Phi) is 31.3. The van der Waals surface area contributed by atoms with E-state index in [0.29, 0.717) is 114 Å². The number of hydrogen-bond acceptors (Lipinski definition) is 35. The lowest BCUT2D eigenvalue weighted by molar-refractivity contribution is -0.139. The molecule has 7 atom stereocenters. The Hall–Kier alpha value is -8.69. The molecule has 51 heteroatoms. The number of esters is 4. The molecule has 13 heterocycles. The van der Waals surface area contributed by atoms with Gasteiger partial charge < -0.3 is 43.7 Å². The number of methoxy groups -OCH3 is 3. The van der Waals surface area contributed by atoms with Gasteiger partial charge in [0.15, 0.2) is 43.4 Å². The Balaban J connectivity index is 0.000000146. The van der Waals surface area contributed by atoms with Crippen LogP contribution in [0.5, 0.6) is 0 Å². The number of aliphatic imine (C=N–C) groups is 4. The summed E-state index contributed by atoms with van der Waals surface area (Å²) in [6.07, 6.45) is 8.33. The number of aliphatic hydroxyl groups is 1. The Bertz CT molecular complexity index is 6230. The molecule has 16 rings (SSSR count). The number of rotatable bonds is 25. The van der Waals surface area contributed by atoms with E-state index in [1.54, 1.807) is 67.3 Å². The average molecular weight is 2020 g/mol. The third kappa shape index (κ3) is 21.7. The van der Waals surface area contributed by atoms with Gasteiger partial charge >= 0.3 is 41.9 Å². The van der Waals surface area contributed by atoms with Gasteiger partial charge in [-0.05, 0) is 68.6 Å². The third-order valence-electron chi connectivity index (χ3n) is 20.1. The van der Waals surface area contributed by atoms with E-state index in [2.05, 4.69) is 39.5 Å². The number of hydrogen-bond donors (Lipinski definition) is 5. The maximum atomic E-state index is 13.8. The van der Waals surface area contributed by atoms with Gasteiger partial charge in [0.25, 0.3) is 0 Å². The quantitative estimate of drug-likeness (QED) is 0.0153. The Labute approximate surface area is 771 Å². The van der Waals surface area contributed by atoms with Crippen LogP contribution in [-0.2, 0) is 82.1 Å². The summed E-state index contributed by atoms with van der Waals surface area (Å²) in [5, 5.41) is 24.5. The van der Waals surface area contributed by atoms with Gasteiger partial charge in [0, 0.05) is 164 Å². The molecular formula is C77H78Cl4F3N16O19PS8. The number of ether oxygens (including phenoxy) is 4. The molecule has 3 aromatic carbocycles. The van der Waals surface area contributed by atoms with Crippen molar-refractivity contribution in [1.82, 2.24) is 58.4 Å². The van der Waals surface area contributed by atoms with Gasteiger partial charge in [0.2, 0.25) is 20.0 Å². The summed E-state index contributed by atoms with van der Waals surface area (Å²) in [5.74, 6) is -2.77. The second kappa shape index (κ2) is 41.4. The molecule has 8 aliphatic heterocycles. The van der Waals surface area contributed by atoms with Crippen molar-refractivity contribution in [2.24, 2.45) is 20.0 Å². The Morgan fingerprint density at radius 1 is 0.516 bits per heavy atom. The highest BCUT2D eigenvalue weighted by molar-refractivity contribution is 7.89. The smallest absolute Gasteiger partial charge is 0.405 e. The van der Waals surface area contributed by atoms with Crippen LogP contribution >= 0.6 is 111 Å². The van der Waals surface area contributed by atoms with Crippen LogP contribution in [0.2, 0.25) is 20.1 Å². The number of nitrogens with zero attached hydrogens (tertiary/aromatic N) is 13. The molecule has 8 aromatic rings. The number of carbonyl (C=O) groups excluding carboxylic acids is 4. The van der Waals surface area contributed by atoms with Crippen LogP contribution in [-0.4, -0.2) is 237 Å². The van der Waals surface area contributed by atoms with E-state index < -0.39 is 122 Å². The maximum absolute atomic E-state index is 13.8. The molecule has 5 aromatic heterocycles. The van der Waals surface area contributed by atoms with E-state index in [9.17, 15) is 71.8 Å². The molecule has 0 aliphatic carbocycles. The average Bonchev–Trinajstić information content (AvgIpc) is 1.13. The monoisotopic (exact) mass is 2010 g/mol. The van der Waals surface area contributed by atoms with Crippen molar-refractivity contribution in [3.8, 4) is 0 Å². The normalized spacial score (nSPS) is 20.9. The number of thiophene rings is 1. The molecule has 0 amide bonds. The first-order valence-corrected chi connectivity index (χ1v) is 50.8. The molecule has 0 spiro atoms. The van der Waals surface area contributed by atoms with Crippen molar-refractivity contribution >= 4 is 188 Å². The highest BCUT2D eigenvalue weighted by Crippen LogP contribution is 2.51. The predicted molar refractivity (Wildman–Crippen MR) is 476 cm³/mol. The highest BCUT2D eigenvalue weighted by Gasteiger charge is 2.50. The van der Waals surface area contributed by atoms with Gasteiger partial charge in [0.05, 0.1) is 92.7 Å². The molecule has 8 aliphatic rings. The van der Waals surface area contributed by atoms with Gasteiger partial charge in [-0.1, -0.05) is 64.6 Å². The van der Waals surface area contributed by atoms with Crippen LogP contribution in [0.25, 0.3) is 0 Å². The lowest BCUT2D eigenvalue weighted by Crippen LogP contribution is -2.53. The van der Waals surface area contributed by atoms with E-state index in [1.807, 2.05) is 25.9 Å². The summed E-state index contributed by atoms with van der Waals surface area (Å²) in [6.45, 7) is 5.67. The molecule has 35 nitrogen and oxygen atoms in total. The molecule has 128 heavy (non-hydrogen) atoms. The fourth-order valence-electron chi connectivity index (χ4n) is 15.1. The van der Waals surface area contributed by atoms with Crippen molar-refractivity contribution < 1.29 is 99.8 Å². The molecule has 0 saturated carbocycles. The van der Waals surface area contributed by atoms with Gasteiger partial charge in [-0.15, -0.1) is 56.7 Å². The zero-order valence-corrected chi connectivity index (χ0v) is 78.7.